The normalized spacial score (nSPS) is 9.87. The highest BCUT2D eigenvalue weighted by molar-refractivity contribution is 5.45. The molecule has 0 aliphatic heterocycles. The zero-order valence-corrected chi connectivity index (χ0v) is 7.79. The fourth-order valence-electron chi connectivity index (χ4n) is 1.11. The van der Waals surface area contributed by atoms with Crippen molar-refractivity contribution in [3.8, 4) is 23.1 Å². The smallest absolute Gasteiger partial charge is 0.219 e. The van der Waals surface area contributed by atoms with E-state index in [0.29, 0.717) is 5.88 Å². The summed E-state index contributed by atoms with van der Waals surface area (Å²) in [5.74, 6) is 0.506. The summed E-state index contributed by atoms with van der Waals surface area (Å²) in [6, 6.07) is 9.32. The lowest BCUT2D eigenvalue weighted by molar-refractivity contribution is 0.396. The molecule has 76 valence electrons. The van der Waals surface area contributed by atoms with Gasteiger partial charge in [0.25, 0.3) is 0 Å². The van der Waals surface area contributed by atoms with Gasteiger partial charge in [-0.3, -0.25) is 0 Å². The van der Waals surface area contributed by atoms with Gasteiger partial charge in [-0.25, -0.2) is 4.98 Å². The third kappa shape index (κ3) is 2.17. The molecule has 0 fully saturated rings. The molecule has 0 aliphatic carbocycles. The molecule has 1 heterocycles. The van der Waals surface area contributed by atoms with Gasteiger partial charge in [-0.2, -0.15) is 0 Å². The summed E-state index contributed by atoms with van der Waals surface area (Å²) >= 11 is 0. The molecular weight excluding hydrogens is 194 g/mol. The van der Waals surface area contributed by atoms with Crippen molar-refractivity contribution in [1.29, 1.82) is 0 Å². The van der Waals surface area contributed by atoms with Gasteiger partial charge in [0, 0.05) is 18.3 Å². The van der Waals surface area contributed by atoms with Crippen LogP contribution in [0, 0.1) is 0 Å². The van der Waals surface area contributed by atoms with Crippen LogP contribution in [0.3, 0.4) is 0 Å². The average Bonchev–Trinajstić information content (AvgIpc) is 2.24. The molecule has 0 saturated carbocycles. The minimum absolute atomic E-state index is 0.0131. The van der Waals surface area contributed by atoms with Crippen LogP contribution in [0.5, 0.6) is 23.1 Å². The van der Waals surface area contributed by atoms with Gasteiger partial charge in [0.2, 0.25) is 5.88 Å². The van der Waals surface area contributed by atoms with Gasteiger partial charge < -0.3 is 14.9 Å². The van der Waals surface area contributed by atoms with Crippen molar-refractivity contribution in [2.24, 2.45) is 0 Å². The first kappa shape index (κ1) is 9.33. The van der Waals surface area contributed by atoms with Gasteiger partial charge in [0.05, 0.1) is 0 Å². The van der Waals surface area contributed by atoms with E-state index >= 15 is 0 Å². The molecule has 0 unspecified atom stereocenters. The molecule has 15 heavy (non-hydrogen) atoms. The highest BCUT2D eigenvalue weighted by Gasteiger charge is 2.04. The second-order valence-electron chi connectivity index (χ2n) is 2.92. The van der Waals surface area contributed by atoms with Crippen LogP contribution in [-0.4, -0.2) is 15.2 Å². The number of benzene rings is 1. The number of nitrogens with zero attached hydrogens (tertiary/aromatic N) is 1. The number of hydrogen-bond donors (Lipinski definition) is 2. The van der Waals surface area contributed by atoms with Crippen LogP contribution in [0.2, 0.25) is 0 Å². The van der Waals surface area contributed by atoms with E-state index < -0.39 is 0 Å². The van der Waals surface area contributed by atoms with Gasteiger partial charge >= 0.3 is 0 Å². The SMILES string of the molecule is Oc1ccc(Oc2ccccn2)c(O)c1. The summed E-state index contributed by atoms with van der Waals surface area (Å²) in [6.07, 6.45) is 1.59. The third-order valence-corrected chi connectivity index (χ3v) is 1.79. The first-order chi connectivity index (χ1) is 7.25. The molecule has 1 aromatic carbocycles. The molecule has 4 heteroatoms. The standard InChI is InChI=1S/C11H9NO3/c13-8-4-5-10(9(14)7-8)15-11-3-1-2-6-12-11/h1-7,13-14H. The quantitative estimate of drug-likeness (QED) is 0.786. The molecule has 2 N–H and O–H groups in total. The Morgan fingerprint density at radius 2 is 1.93 bits per heavy atom. The highest BCUT2D eigenvalue weighted by atomic mass is 16.5. The minimum Gasteiger partial charge on any atom is -0.508 e. The maximum atomic E-state index is 9.44. The van der Waals surface area contributed by atoms with Crippen molar-refractivity contribution in [3.05, 3.63) is 42.6 Å². The molecular formula is C11H9NO3. The monoisotopic (exact) mass is 203 g/mol. The zero-order valence-electron chi connectivity index (χ0n) is 7.79. The van der Waals surface area contributed by atoms with Gasteiger partial charge in [-0.05, 0) is 18.2 Å². The summed E-state index contributed by atoms with van der Waals surface area (Å²) in [5.41, 5.74) is 0. The van der Waals surface area contributed by atoms with Gasteiger partial charge in [0.15, 0.2) is 11.5 Å². The lowest BCUT2D eigenvalue weighted by Crippen LogP contribution is -1.86. The van der Waals surface area contributed by atoms with E-state index in [0.717, 1.165) is 0 Å². The molecule has 0 amide bonds. The van der Waals surface area contributed by atoms with E-state index in [1.54, 1.807) is 24.4 Å². The lowest BCUT2D eigenvalue weighted by Gasteiger charge is -2.06. The van der Waals surface area contributed by atoms with Crippen LogP contribution in [-0.2, 0) is 0 Å². The van der Waals surface area contributed by atoms with Gasteiger partial charge in [-0.1, -0.05) is 6.07 Å². The van der Waals surface area contributed by atoms with Crippen LogP contribution < -0.4 is 4.74 Å². The second-order valence-corrected chi connectivity index (χ2v) is 2.92. The Bertz CT molecular complexity index is 457. The first-order valence-corrected chi connectivity index (χ1v) is 4.36. The van der Waals surface area contributed by atoms with Crippen LogP contribution >= 0.6 is 0 Å². The first-order valence-electron chi connectivity index (χ1n) is 4.36. The van der Waals surface area contributed by atoms with Gasteiger partial charge in [-0.15, -0.1) is 0 Å². The van der Waals surface area contributed by atoms with E-state index in [1.807, 2.05) is 0 Å². The van der Waals surface area contributed by atoms with Gasteiger partial charge in [0.1, 0.15) is 5.75 Å². The van der Waals surface area contributed by atoms with Crippen molar-refractivity contribution < 1.29 is 14.9 Å². The number of aromatic hydroxyl groups is 2. The molecule has 2 rings (SSSR count). The number of phenolic OH excluding ortho intramolecular Hbond substituents is 2. The van der Waals surface area contributed by atoms with Crippen LogP contribution in [0.4, 0.5) is 0 Å². The summed E-state index contributed by atoms with van der Waals surface area (Å²) in [4.78, 5) is 3.94. The molecule has 0 saturated heterocycles. The number of aromatic nitrogens is 1. The molecule has 2 aromatic rings. The predicted octanol–water partition coefficient (Wildman–Crippen LogP) is 2.29. The minimum atomic E-state index is -0.124. The highest BCUT2D eigenvalue weighted by Crippen LogP contribution is 2.32. The Balaban J connectivity index is 2.25. The van der Waals surface area contributed by atoms with E-state index in [1.165, 1.54) is 18.2 Å². The van der Waals surface area contributed by atoms with Crippen molar-refractivity contribution in [2.75, 3.05) is 0 Å². The number of rotatable bonds is 2. The van der Waals surface area contributed by atoms with E-state index in [9.17, 15) is 5.11 Å². The van der Waals surface area contributed by atoms with Crippen molar-refractivity contribution in [3.63, 3.8) is 0 Å². The maximum absolute atomic E-state index is 9.44. The van der Waals surface area contributed by atoms with E-state index in [4.69, 9.17) is 9.84 Å². The summed E-state index contributed by atoms with van der Waals surface area (Å²) in [7, 11) is 0. The molecule has 0 spiro atoms. The number of phenols is 2. The zero-order chi connectivity index (χ0) is 10.7. The Labute approximate surface area is 86.4 Å². The van der Waals surface area contributed by atoms with Crippen molar-refractivity contribution in [2.45, 2.75) is 0 Å². The largest absolute Gasteiger partial charge is 0.508 e. The van der Waals surface area contributed by atoms with Crippen LogP contribution in [0.15, 0.2) is 42.6 Å². The number of hydrogen-bond acceptors (Lipinski definition) is 4. The molecule has 0 radical (unpaired) electrons. The Morgan fingerprint density at radius 3 is 2.60 bits per heavy atom. The Hall–Kier alpha value is -2.23. The van der Waals surface area contributed by atoms with Crippen LogP contribution in [0.1, 0.15) is 0 Å². The van der Waals surface area contributed by atoms with E-state index in [-0.39, 0.29) is 17.2 Å². The fourth-order valence-corrected chi connectivity index (χ4v) is 1.11. The molecule has 0 atom stereocenters. The van der Waals surface area contributed by atoms with E-state index in [2.05, 4.69) is 4.98 Å². The van der Waals surface area contributed by atoms with Crippen molar-refractivity contribution in [1.82, 2.24) is 4.98 Å². The summed E-state index contributed by atoms with van der Waals surface area (Å²) < 4.78 is 5.29. The Kier molecular flexibility index (Phi) is 2.41. The Morgan fingerprint density at radius 1 is 1.07 bits per heavy atom. The second kappa shape index (κ2) is 3.88. The molecule has 1 aromatic heterocycles. The van der Waals surface area contributed by atoms with Crippen molar-refractivity contribution >= 4 is 0 Å². The third-order valence-electron chi connectivity index (χ3n) is 1.79. The molecule has 4 nitrogen and oxygen atoms in total. The lowest BCUT2D eigenvalue weighted by atomic mass is 10.3. The maximum Gasteiger partial charge on any atom is 0.219 e. The summed E-state index contributed by atoms with van der Waals surface area (Å²) in [5, 5.41) is 18.5. The fraction of sp³-hybridized carbons (Fsp3) is 0. The summed E-state index contributed by atoms with van der Waals surface area (Å²) in [6.45, 7) is 0. The molecule has 0 bridgehead atoms. The predicted molar refractivity (Wildman–Crippen MR) is 54.1 cm³/mol. The van der Waals surface area contributed by atoms with Crippen LogP contribution in [0.25, 0.3) is 0 Å². The number of pyridine rings is 1. The number of ether oxygens (including phenoxy) is 1. The average molecular weight is 203 g/mol. The topological polar surface area (TPSA) is 62.6 Å². The molecule has 0 aliphatic rings.